The van der Waals surface area contributed by atoms with Crippen molar-refractivity contribution >= 4 is 5.91 Å². The first kappa shape index (κ1) is 14.4. The zero-order valence-corrected chi connectivity index (χ0v) is 11.6. The number of carbonyl (C=O) groups is 1. The summed E-state index contributed by atoms with van der Waals surface area (Å²) in [6.45, 7) is 4.90. The molecule has 104 valence electrons. The van der Waals surface area contributed by atoms with Crippen LogP contribution in [0.2, 0.25) is 0 Å². The van der Waals surface area contributed by atoms with Crippen molar-refractivity contribution in [3.8, 4) is 12.3 Å². The lowest BCUT2D eigenvalue weighted by atomic mass is 10.1. The third-order valence-corrected chi connectivity index (χ3v) is 3.63. The van der Waals surface area contributed by atoms with Gasteiger partial charge in [-0.25, -0.2) is 0 Å². The van der Waals surface area contributed by atoms with Crippen molar-refractivity contribution in [2.45, 2.75) is 18.9 Å². The van der Waals surface area contributed by atoms with E-state index in [0.29, 0.717) is 19.6 Å². The van der Waals surface area contributed by atoms with Crippen LogP contribution in [0.25, 0.3) is 0 Å². The van der Waals surface area contributed by atoms with Crippen molar-refractivity contribution < 1.29 is 4.79 Å². The van der Waals surface area contributed by atoms with E-state index in [1.807, 2.05) is 6.07 Å². The minimum atomic E-state index is -0.00969. The number of benzene rings is 1. The van der Waals surface area contributed by atoms with E-state index in [4.69, 9.17) is 6.42 Å². The molecule has 3 heteroatoms. The molecule has 1 aromatic rings. The zero-order chi connectivity index (χ0) is 14.4. The second-order valence-corrected chi connectivity index (χ2v) is 4.96. The highest BCUT2D eigenvalue weighted by Crippen LogP contribution is 2.35. The molecule has 1 atom stereocenters. The van der Waals surface area contributed by atoms with Crippen LogP contribution in [0.4, 0.5) is 0 Å². The Kier molecular flexibility index (Phi) is 4.97. The molecular formula is C17H20N2O. The van der Waals surface area contributed by atoms with Crippen LogP contribution in [-0.4, -0.2) is 30.4 Å². The Morgan fingerprint density at radius 2 is 2.35 bits per heavy atom. The lowest BCUT2D eigenvalue weighted by molar-refractivity contribution is -0.122. The molecule has 0 aromatic heterocycles. The molecule has 1 aliphatic rings. The van der Waals surface area contributed by atoms with Gasteiger partial charge in [0, 0.05) is 12.6 Å². The average molecular weight is 268 g/mol. The third kappa shape index (κ3) is 3.28. The summed E-state index contributed by atoms with van der Waals surface area (Å²) in [5, 5.41) is 2.80. The van der Waals surface area contributed by atoms with E-state index in [2.05, 4.69) is 40.9 Å². The second-order valence-electron chi connectivity index (χ2n) is 4.96. The molecule has 0 saturated carbocycles. The smallest absolute Gasteiger partial charge is 0.234 e. The molecule has 1 aromatic carbocycles. The summed E-state index contributed by atoms with van der Waals surface area (Å²) in [4.78, 5) is 14.0. The van der Waals surface area contributed by atoms with E-state index in [1.54, 1.807) is 6.08 Å². The number of nitrogens with zero attached hydrogens (tertiary/aromatic N) is 1. The standard InChI is InChI=1S/C17H20N2O/c1-3-11-18-17(20)13-19(12-4-2)16-10-9-14-7-5-6-8-15(14)16/h2-3,5-8,16H,1,9-13H2,(H,18,20). The third-order valence-electron chi connectivity index (χ3n) is 3.63. The molecule has 2 rings (SSSR count). The molecule has 3 nitrogen and oxygen atoms in total. The van der Waals surface area contributed by atoms with Gasteiger partial charge in [-0.15, -0.1) is 13.0 Å². The van der Waals surface area contributed by atoms with Crippen LogP contribution >= 0.6 is 0 Å². The van der Waals surface area contributed by atoms with Crippen molar-refractivity contribution in [1.82, 2.24) is 10.2 Å². The Labute approximate surface area is 120 Å². The van der Waals surface area contributed by atoms with Gasteiger partial charge in [-0.1, -0.05) is 36.3 Å². The van der Waals surface area contributed by atoms with Gasteiger partial charge in [-0.3, -0.25) is 9.69 Å². The van der Waals surface area contributed by atoms with Crippen LogP contribution in [0.3, 0.4) is 0 Å². The number of carbonyl (C=O) groups excluding carboxylic acids is 1. The Morgan fingerprint density at radius 3 is 3.10 bits per heavy atom. The van der Waals surface area contributed by atoms with Crippen molar-refractivity contribution in [1.29, 1.82) is 0 Å². The minimum absolute atomic E-state index is 0.00969. The van der Waals surface area contributed by atoms with Gasteiger partial charge in [0.2, 0.25) is 5.91 Å². The van der Waals surface area contributed by atoms with Crippen molar-refractivity contribution in [3.63, 3.8) is 0 Å². The molecule has 0 saturated heterocycles. The molecule has 0 aliphatic heterocycles. The van der Waals surface area contributed by atoms with Gasteiger partial charge < -0.3 is 5.32 Å². The zero-order valence-electron chi connectivity index (χ0n) is 11.6. The maximum Gasteiger partial charge on any atom is 0.234 e. The van der Waals surface area contributed by atoms with Crippen LogP contribution in [-0.2, 0) is 11.2 Å². The predicted molar refractivity (Wildman–Crippen MR) is 81.1 cm³/mol. The van der Waals surface area contributed by atoms with Crippen LogP contribution in [0.15, 0.2) is 36.9 Å². The highest BCUT2D eigenvalue weighted by molar-refractivity contribution is 5.78. The lowest BCUT2D eigenvalue weighted by Crippen LogP contribution is -2.39. The Hall–Kier alpha value is -2.05. The summed E-state index contributed by atoms with van der Waals surface area (Å²) in [5.74, 6) is 2.65. The molecule has 1 N–H and O–H groups in total. The van der Waals surface area contributed by atoms with Gasteiger partial charge in [0.1, 0.15) is 0 Å². The number of hydrogen-bond donors (Lipinski definition) is 1. The van der Waals surface area contributed by atoms with Crippen LogP contribution in [0.5, 0.6) is 0 Å². The quantitative estimate of drug-likeness (QED) is 0.631. The van der Waals surface area contributed by atoms with E-state index >= 15 is 0 Å². The van der Waals surface area contributed by atoms with Crippen LogP contribution in [0, 0.1) is 12.3 Å². The Balaban J connectivity index is 2.08. The normalized spacial score (nSPS) is 16.5. The van der Waals surface area contributed by atoms with E-state index in [0.717, 1.165) is 12.8 Å². The number of rotatable bonds is 6. The highest BCUT2D eigenvalue weighted by Gasteiger charge is 2.28. The fourth-order valence-corrected chi connectivity index (χ4v) is 2.73. The summed E-state index contributed by atoms with van der Waals surface area (Å²) >= 11 is 0. The topological polar surface area (TPSA) is 32.3 Å². The maximum atomic E-state index is 11.9. The number of terminal acetylenes is 1. The number of nitrogens with one attached hydrogen (secondary N) is 1. The second kappa shape index (κ2) is 6.93. The fourth-order valence-electron chi connectivity index (χ4n) is 2.73. The highest BCUT2D eigenvalue weighted by atomic mass is 16.2. The molecule has 0 spiro atoms. The number of fused-ring (bicyclic) bond motifs is 1. The van der Waals surface area contributed by atoms with E-state index < -0.39 is 0 Å². The van der Waals surface area contributed by atoms with E-state index in [9.17, 15) is 4.79 Å². The molecule has 0 fully saturated rings. The van der Waals surface area contributed by atoms with Gasteiger partial charge in [-0.05, 0) is 24.0 Å². The number of hydrogen-bond acceptors (Lipinski definition) is 2. The first-order valence-electron chi connectivity index (χ1n) is 6.89. The Bertz CT molecular complexity index is 530. The number of aryl methyl sites for hydroxylation is 1. The summed E-state index contributed by atoms with van der Waals surface area (Å²) in [5.41, 5.74) is 2.67. The fraction of sp³-hybridized carbons (Fsp3) is 0.353. The van der Waals surface area contributed by atoms with Crippen molar-refractivity contribution in [3.05, 3.63) is 48.0 Å². The molecule has 1 aliphatic carbocycles. The Morgan fingerprint density at radius 1 is 1.55 bits per heavy atom. The van der Waals surface area contributed by atoms with E-state index in [-0.39, 0.29) is 11.9 Å². The first-order chi connectivity index (χ1) is 9.76. The minimum Gasteiger partial charge on any atom is -0.352 e. The SMILES string of the molecule is C#CCN(CC(=O)NCC=C)C1CCc2ccccc21. The summed E-state index contributed by atoms with van der Waals surface area (Å²) in [7, 11) is 0. The van der Waals surface area contributed by atoms with Gasteiger partial charge in [0.15, 0.2) is 0 Å². The summed E-state index contributed by atoms with van der Waals surface area (Å²) in [6, 6.07) is 8.64. The molecule has 0 heterocycles. The maximum absolute atomic E-state index is 11.9. The largest absolute Gasteiger partial charge is 0.352 e. The molecule has 0 radical (unpaired) electrons. The predicted octanol–water partition coefficient (Wildman–Crippen LogP) is 1.91. The molecular weight excluding hydrogens is 248 g/mol. The number of amides is 1. The van der Waals surface area contributed by atoms with Gasteiger partial charge in [0.05, 0.1) is 13.1 Å². The first-order valence-corrected chi connectivity index (χ1v) is 6.89. The lowest BCUT2D eigenvalue weighted by Gasteiger charge is -2.27. The van der Waals surface area contributed by atoms with E-state index in [1.165, 1.54) is 11.1 Å². The molecule has 1 amide bonds. The average Bonchev–Trinajstić information content (AvgIpc) is 2.88. The van der Waals surface area contributed by atoms with Gasteiger partial charge in [-0.2, -0.15) is 0 Å². The van der Waals surface area contributed by atoms with Gasteiger partial charge in [0.25, 0.3) is 0 Å². The van der Waals surface area contributed by atoms with Crippen molar-refractivity contribution in [2.24, 2.45) is 0 Å². The van der Waals surface area contributed by atoms with Crippen LogP contribution < -0.4 is 5.32 Å². The molecule has 1 unspecified atom stereocenters. The van der Waals surface area contributed by atoms with Gasteiger partial charge >= 0.3 is 0 Å². The summed E-state index contributed by atoms with van der Waals surface area (Å²) < 4.78 is 0. The molecule has 0 bridgehead atoms. The molecule has 20 heavy (non-hydrogen) atoms. The summed E-state index contributed by atoms with van der Waals surface area (Å²) in [6.07, 6.45) is 9.20. The van der Waals surface area contributed by atoms with Crippen LogP contribution in [0.1, 0.15) is 23.6 Å². The van der Waals surface area contributed by atoms with Crippen molar-refractivity contribution in [2.75, 3.05) is 19.6 Å². The monoisotopic (exact) mass is 268 g/mol.